The first-order valence-corrected chi connectivity index (χ1v) is 14.0. The first kappa shape index (κ1) is 30.3. The smallest absolute Gasteiger partial charge is 0.338 e. The van der Waals surface area contributed by atoms with Crippen molar-refractivity contribution in [1.82, 2.24) is 0 Å². The zero-order valence-corrected chi connectivity index (χ0v) is 23.1. The fourth-order valence-corrected chi connectivity index (χ4v) is 4.09. The predicted octanol–water partition coefficient (Wildman–Crippen LogP) is 8.24. The van der Waals surface area contributed by atoms with Gasteiger partial charge >= 0.3 is 5.97 Å². The van der Waals surface area contributed by atoms with Crippen LogP contribution in [0.1, 0.15) is 107 Å². The molecule has 0 radical (unpaired) electrons. The number of hydrogen-bond acceptors (Lipinski definition) is 6. The topological polar surface area (TPSA) is 74.2 Å². The zero-order valence-electron chi connectivity index (χ0n) is 23.1. The molecule has 0 heterocycles. The highest BCUT2D eigenvalue weighted by molar-refractivity contribution is 5.90. The summed E-state index contributed by atoms with van der Waals surface area (Å²) in [5.41, 5.74) is 1.12. The van der Waals surface area contributed by atoms with Crippen molar-refractivity contribution in [3.63, 3.8) is 0 Å². The maximum atomic E-state index is 11.9. The third-order valence-corrected chi connectivity index (χ3v) is 6.19. The Labute approximate surface area is 223 Å². The molecule has 0 spiro atoms. The second-order valence-electron chi connectivity index (χ2n) is 9.54. The molecule has 6 nitrogen and oxygen atoms in total. The fraction of sp³-hybridized carbons (Fsp3) is 0.581. The Bertz CT molecular complexity index is 874. The van der Waals surface area contributed by atoms with E-state index in [1.807, 2.05) is 18.2 Å². The van der Waals surface area contributed by atoms with Crippen molar-refractivity contribution in [3.8, 4) is 23.0 Å². The van der Waals surface area contributed by atoms with Crippen LogP contribution in [0.2, 0.25) is 0 Å². The molecule has 0 aliphatic heterocycles. The van der Waals surface area contributed by atoms with E-state index >= 15 is 0 Å². The molecule has 0 unspecified atom stereocenters. The van der Waals surface area contributed by atoms with Gasteiger partial charge in [-0.2, -0.15) is 0 Å². The lowest BCUT2D eigenvalue weighted by molar-refractivity contribution is 0.0599. The van der Waals surface area contributed by atoms with Crippen molar-refractivity contribution in [1.29, 1.82) is 0 Å². The molecule has 2 aromatic carbocycles. The monoisotopic (exact) mass is 514 g/mol. The molecule has 37 heavy (non-hydrogen) atoms. The third-order valence-electron chi connectivity index (χ3n) is 6.19. The number of ether oxygens (including phenoxy) is 4. The summed E-state index contributed by atoms with van der Waals surface area (Å²) in [6, 6.07) is 10.2. The summed E-state index contributed by atoms with van der Waals surface area (Å²) in [6.45, 7) is 6.03. The maximum absolute atomic E-state index is 11.9. The van der Waals surface area contributed by atoms with Crippen molar-refractivity contribution in [2.45, 2.75) is 97.5 Å². The summed E-state index contributed by atoms with van der Waals surface area (Å²) in [6.07, 6.45) is 14.5. The Morgan fingerprint density at radius 1 is 0.649 bits per heavy atom. The van der Waals surface area contributed by atoms with Gasteiger partial charge in [0.25, 0.3) is 0 Å². The average molecular weight is 515 g/mol. The number of benzene rings is 2. The van der Waals surface area contributed by atoms with Crippen molar-refractivity contribution < 1.29 is 28.8 Å². The highest BCUT2D eigenvalue weighted by Gasteiger charge is 2.11. The molecular weight excluding hydrogens is 468 g/mol. The average Bonchev–Trinajstić information content (AvgIpc) is 2.90. The first-order valence-electron chi connectivity index (χ1n) is 14.0. The summed E-state index contributed by atoms with van der Waals surface area (Å²) in [5, 5.41) is 9.97. The van der Waals surface area contributed by atoms with Crippen LogP contribution in [0.4, 0.5) is 0 Å². The number of aromatic hydroxyl groups is 1. The molecule has 0 fully saturated rings. The minimum Gasteiger partial charge on any atom is -0.508 e. The molecule has 1 N–H and O–H groups in total. The minimum atomic E-state index is -0.531. The van der Waals surface area contributed by atoms with Gasteiger partial charge in [-0.15, -0.1) is 0 Å². The Balaban J connectivity index is 1.98. The number of rotatable bonds is 20. The van der Waals surface area contributed by atoms with Crippen LogP contribution in [0.5, 0.6) is 23.0 Å². The Morgan fingerprint density at radius 3 is 1.70 bits per heavy atom. The van der Waals surface area contributed by atoms with E-state index in [2.05, 4.69) is 13.8 Å². The molecule has 2 rings (SSSR count). The molecule has 0 aromatic heterocycles. The highest BCUT2D eigenvalue weighted by Crippen LogP contribution is 2.27. The van der Waals surface area contributed by atoms with E-state index < -0.39 is 5.97 Å². The number of esters is 1. The molecule has 0 saturated heterocycles. The normalized spacial score (nSPS) is 10.8. The van der Waals surface area contributed by atoms with Gasteiger partial charge < -0.3 is 24.1 Å². The molecule has 2 aromatic rings. The molecule has 0 bridgehead atoms. The lowest BCUT2D eigenvalue weighted by atomic mass is 10.1. The van der Waals surface area contributed by atoms with Gasteiger partial charge in [-0.1, -0.05) is 78.1 Å². The summed E-state index contributed by atoms with van der Waals surface area (Å²) < 4.78 is 22.8. The Morgan fingerprint density at radius 2 is 1.16 bits per heavy atom. The predicted molar refractivity (Wildman–Crippen MR) is 148 cm³/mol. The van der Waals surface area contributed by atoms with Crippen molar-refractivity contribution in [3.05, 3.63) is 47.5 Å². The van der Waals surface area contributed by atoms with Gasteiger partial charge in [0.2, 0.25) is 0 Å². The zero-order chi connectivity index (χ0) is 26.7. The lowest BCUT2D eigenvalue weighted by Crippen LogP contribution is -2.04. The molecule has 0 aliphatic carbocycles. The van der Waals surface area contributed by atoms with Crippen LogP contribution in [0, 0.1) is 0 Å². The maximum Gasteiger partial charge on any atom is 0.338 e. The number of unbranched alkanes of at least 4 members (excludes halogenated alkanes) is 10. The molecule has 0 aliphatic rings. The van der Waals surface area contributed by atoms with Crippen LogP contribution >= 0.6 is 0 Å². The van der Waals surface area contributed by atoms with Gasteiger partial charge in [0.15, 0.2) is 0 Å². The van der Waals surface area contributed by atoms with Gasteiger partial charge in [0, 0.05) is 12.1 Å². The molecule has 6 heteroatoms. The Kier molecular flexibility index (Phi) is 15.1. The van der Waals surface area contributed by atoms with Gasteiger partial charge in [0.1, 0.15) is 29.6 Å². The Hall–Kier alpha value is -2.89. The minimum absolute atomic E-state index is 0.0584. The number of phenolic OH excluding ortho intramolecular Hbond substituents is 1. The van der Waals surface area contributed by atoms with E-state index in [0.29, 0.717) is 19.0 Å². The van der Waals surface area contributed by atoms with Crippen LogP contribution in [0.25, 0.3) is 0 Å². The first-order chi connectivity index (χ1) is 18.0. The summed E-state index contributed by atoms with van der Waals surface area (Å²) in [5.74, 6) is 1.32. The lowest BCUT2D eigenvalue weighted by Gasteiger charge is -2.14. The van der Waals surface area contributed by atoms with Crippen molar-refractivity contribution in [2.24, 2.45) is 0 Å². The SMILES string of the molecule is CCCCCCCCOc1cc(COc2cc(O)cc(C(=O)OC)c2)cc(OCCCCCCCC)c1. The van der Waals surface area contributed by atoms with Crippen LogP contribution in [0.3, 0.4) is 0 Å². The number of phenols is 1. The largest absolute Gasteiger partial charge is 0.508 e. The van der Waals surface area contributed by atoms with Crippen LogP contribution < -0.4 is 14.2 Å². The quantitative estimate of drug-likeness (QED) is 0.142. The van der Waals surface area contributed by atoms with Crippen molar-refractivity contribution >= 4 is 5.97 Å². The molecule has 0 atom stereocenters. The van der Waals surface area contributed by atoms with Gasteiger partial charge in [-0.3, -0.25) is 0 Å². The van der Waals surface area contributed by atoms with Gasteiger partial charge in [-0.25, -0.2) is 4.79 Å². The van der Waals surface area contributed by atoms with Crippen LogP contribution in [-0.2, 0) is 11.3 Å². The molecule has 0 amide bonds. The van der Waals surface area contributed by atoms with E-state index in [4.69, 9.17) is 18.9 Å². The fourth-order valence-electron chi connectivity index (χ4n) is 4.09. The number of carbonyl (C=O) groups is 1. The number of hydrogen-bond donors (Lipinski definition) is 1. The highest BCUT2D eigenvalue weighted by atomic mass is 16.5. The molecule has 206 valence electrons. The van der Waals surface area contributed by atoms with E-state index in [1.54, 1.807) is 6.07 Å². The summed E-state index contributed by atoms with van der Waals surface area (Å²) >= 11 is 0. The van der Waals surface area contributed by atoms with E-state index in [0.717, 1.165) is 29.9 Å². The second kappa shape index (κ2) is 18.4. The standard InChI is InChI=1S/C31H46O6/c1-4-6-8-10-12-14-16-35-28-18-25(19-29(23-28)36-17-15-13-11-9-7-5-2)24-37-30-21-26(31(33)34-3)20-27(32)22-30/h18-23,32H,4-17,24H2,1-3H3. The van der Waals surface area contributed by atoms with Crippen LogP contribution in [-0.4, -0.2) is 31.4 Å². The molecule has 0 saturated carbocycles. The summed E-state index contributed by atoms with van der Waals surface area (Å²) in [7, 11) is 1.30. The van der Waals surface area contributed by atoms with Crippen molar-refractivity contribution in [2.75, 3.05) is 20.3 Å². The van der Waals surface area contributed by atoms with E-state index in [-0.39, 0.29) is 17.9 Å². The van der Waals surface area contributed by atoms with E-state index in [1.165, 1.54) is 83.5 Å². The number of methoxy groups -OCH3 is 1. The van der Waals surface area contributed by atoms with Gasteiger partial charge in [0.05, 0.1) is 25.9 Å². The van der Waals surface area contributed by atoms with Gasteiger partial charge in [-0.05, 0) is 42.7 Å². The summed E-state index contributed by atoms with van der Waals surface area (Å²) in [4.78, 5) is 11.9. The molecular formula is C31H46O6. The third kappa shape index (κ3) is 12.8. The van der Waals surface area contributed by atoms with Crippen LogP contribution in [0.15, 0.2) is 36.4 Å². The second-order valence-corrected chi connectivity index (χ2v) is 9.54. The number of carbonyl (C=O) groups excluding carboxylic acids is 1. The van der Waals surface area contributed by atoms with E-state index in [9.17, 15) is 9.90 Å².